The van der Waals surface area contributed by atoms with E-state index in [0.29, 0.717) is 32.2 Å². The lowest BCUT2D eigenvalue weighted by Gasteiger charge is -2.24. The molecule has 1 unspecified atom stereocenters. The Morgan fingerprint density at radius 3 is 3.05 bits per heavy atom. The zero-order valence-electron chi connectivity index (χ0n) is 11.7. The number of amides is 1. The Morgan fingerprint density at radius 1 is 1.45 bits per heavy atom. The molecule has 1 saturated heterocycles. The highest BCUT2D eigenvalue weighted by Gasteiger charge is 2.35. The van der Waals surface area contributed by atoms with Gasteiger partial charge in [-0.3, -0.25) is 4.79 Å². The van der Waals surface area contributed by atoms with E-state index < -0.39 is 0 Å². The molecule has 1 saturated carbocycles. The Balaban J connectivity index is 1.64. The number of pyridine rings is 1. The van der Waals surface area contributed by atoms with Gasteiger partial charge in [0.2, 0.25) is 11.8 Å². The highest BCUT2D eigenvalue weighted by atomic mass is 16.5. The number of aryl methyl sites for hydroxylation is 1. The van der Waals surface area contributed by atoms with Gasteiger partial charge in [-0.2, -0.15) is 0 Å². The highest BCUT2D eigenvalue weighted by molar-refractivity contribution is 5.81. The van der Waals surface area contributed by atoms with Crippen LogP contribution in [0.4, 0.5) is 0 Å². The van der Waals surface area contributed by atoms with Gasteiger partial charge in [0, 0.05) is 24.2 Å². The van der Waals surface area contributed by atoms with E-state index in [-0.39, 0.29) is 17.9 Å². The standard InChI is InChI=1S/C15H20N2O3/c1-11-3-2-4-14(16-11)20-13-9-17(7-8-19-10-13)15(18)12-5-6-12/h2-4,12-13H,5-10H2,1H3. The van der Waals surface area contributed by atoms with Crippen LogP contribution in [-0.2, 0) is 9.53 Å². The van der Waals surface area contributed by atoms with Gasteiger partial charge < -0.3 is 14.4 Å². The number of carbonyl (C=O) groups excluding carboxylic acids is 1. The number of carbonyl (C=O) groups is 1. The second kappa shape index (κ2) is 5.79. The van der Waals surface area contributed by atoms with Gasteiger partial charge in [0.1, 0.15) is 6.10 Å². The molecular weight excluding hydrogens is 256 g/mol. The molecule has 0 N–H and O–H groups in total. The zero-order valence-corrected chi connectivity index (χ0v) is 11.7. The molecule has 3 rings (SSSR count). The molecule has 1 aliphatic heterocycles. The van der Waals surface area contributed by atoms with Gasteiger partial charge in [0.25, 0.3) is 0 Å². The van der Waals surface area contributed by atoms with E-state index in [0.717, 1.165) is 18.5 Å². The van der Waals surface area contributed by atoms with Gasteiger partial charge in [0.15, 0.2) is 0 Å². The van der Waals surface area contributed by atoms with Crippen LogP contribution < -0.4 is 4.74 Å². The number of rotatable bonds is 3. The normalized spacial score (nSPS) is 23.2. The Kier molecular flexibility index (Phi) is 3.87. The van der Waals surface area contributed by atoms with Crippen molar-refractivity contribution in [3.63, 3.8) is 0 Å². The van der Waals surface area contributed by atoms with Gasteiger partial charge in [-0.05, 0) is 25.8 Å². The van der Waals surface area contributed by atoms with E-state index in [1.165, 1.54) is 0 Å². The molecular formula is C15H20N2O3. The summed E-state index contributed by atoms with van der Waals surface area (Å²) in [6, 6.07) is 5.69. The van der Waals surface area contributed by atoms with Crippen LogP contribution in [0.5, 0.6) is 5.88 Å². The van der Waals surface area contributed by atoms with E-state index >= 15 is 0 Å². The summed E-state index contributed by atoms with van der Waals surface area (Å²) in [7, 11) is 0. The predicted octanol–water partition coefficient (Wildman–Crippen LogP) is 1.41. The van der Waals surface area contributed by atoms with Gasteiger partial charge >= 0.3 is 0 Å². The van der Waals surface area contributed by atoms with E-state index in [2.05, 4.69) is 4.98 Å². The second-order valence-corrected chi connectivity index (χ2v) is 5.49. The van der Waals surface area contributed by atoms with Crippen LogP contribution in [0.1, 0.15) is 18.5 Å². The van der Waals surface area contributed by atoms with Crippen molar-refractivity contribution in [2.24, 2.45) is 5.92 Å². The Bertz CT molecular complexity index is 488. The van der Waals surface area contributed by atoms with E-state index in [9.17, 15) is 4.79 Å². The summed E-state index contributed by atoms with van der Waals surface area (Å²) in [4.78, 5) is 18.4. The fraction of sp³-hybridized carbons (Fsp3) is 0.600. The molecule has 1 atom stereocenters. The first-order valence-corrected chi connectivity index (χ1v) is 7.19. The maximum absolute atomic E-state index is 12.2. The first-order valence-electron chi connectivity index (χ1n) is 7.19. The summed E-state index contributed by atoms with van der Waals surface area (Å²) >= 11 is 0. The van der Waals surface area contributed by atoms with Crippen molar-refractivity contribution in [1.82, 2.24) is 9.88 Å². The lowest BCUT2D eigenvalue weighted by Crippen LogP contribution is -2.40. The molecule has 0 spiro atoms. The van der Waals surface area contributed by atoms with Crippen LogP contribution in [0.25, 0.3) is 0 Å². The molecule has 1 aromatic rings. The summed E-state index contributed by atoms with van der Waals surface area (Å²) in [5.41, 5.74) is 0.919. The van der Waals surface area contributed by atoms with E-state index in [1.807, 2.05) is 30.0 Å². The maximum Gasteiger partial charge on any atom is 0.225 e. The third-order valence-electron chi connectivity index (χ3n) is 3.62. The van der Waals surface area contributed by atoms with Crippen molar-refractivity contribution in [3.8, 4) is 5.88 Å². The predicted molar refractivity (Wildman–Crippen MR) is 73.5 cm³/mol. The molecule has 1 aliphatic carbocycles. The van der Waals surface area contributed by atoms with Crippen molar-refractivity contribution in [2.45, 2.75) is 25.9 Å². The third kappa shape index (κ3) is 3.28. The van der Waals surface area contributed by atoms with Crippen LogP contribution in [0, 0.1) is 12.8 Å². The third-order valence-corrected chi connectivity index (χ3v) is 3.62. The molecule has 1 aromatic heterocycles. The van der Waals surface area contributed by atoms with E-state index in [4.69, 9.17) is 9.47 Å². The Labute approximate surface area is 118 Å². The van der Waals surface area contributed by atoms with Crippen molar-refractivity contribution in [1.29, 1.82) is 0 Å². The molecule has 0 bridgehead atoms. The number of nitrogens with zero attached hydrogens (tertiary/aromatic N) is 2. The van der Waals surface area contributed by atoms with E-state index in [1.54, 1.807) is 0 Å². The SMILES string of the molecule is Cc1cccc(OC2COCCN(C(=O)C3CC3)C2)n1. The number of hydrogen-bond donors (Lipinski definition) is 0. The molecule has 2 aliphatic rings. The van der Waals surface area contributed by atoms with Crippen molar-refractivity contribution >= 4 is 5.91 Å². The molecule has 0 radical (unpaired) electrons. The molecule has 0 aromatic carbocycles. The largest absolute Gasteiger partial charge is 0.470 e. The van der Waals surface area contributed by atoms with Crippen LogP contribution >= 0.6 is 0 Å². The first-order chi connectivity index (χ1) is 9.72. The number of aromatic nitrogens is 1. The van der Waals surface area contributed by atoms with Crippen molar-refractivity contribution in [2.75, 3.05) is 26.3 Å². The molecule has 2 fully saturated rings. The van der Waals surface area contributed by atoms with Crippen molar-refractivity contribution < 1.29 is 14.3 Å². The van der Waals surface area contributed by atoms with Gasteiger partial charge in [0.05, 0.1) is 19.8 Å². The summed E-state index contributed by atoms with van der Waals surface area (Å²) in [6.07, 6.45) is 1.91. The maximum atomic E-state index is 12.2. The quantitative estimate of drug-likeness (QED) is 0.837. The summed E-state index contributed by atoms with van der Waals surface area (Å²) in [5.74, 6) is 1.09. The highest BCUT2D eigenvalue weighted by Crippen LogP contribution is 2.31. The van der Waals surface area contributed by atoms with Crippen LogP contribution in [0.3, 0.4) is 0 Å². The molecule has 1 amide bonds. The monoisotopic (exact) mass is 276 g/mol. The first kappa shape index (κ1) is 13.4. The van der Waals surface area contributed by atoms with Crippen LogP contribution in [0.2, 0.25) is 0 Å². The molecule has 20 heavy (non-hydrogen) atoms. The molecule has 5 heteroatoms. The lowest BCUT2D eigenvalue weighted by molar-refractivity contribution is -0.133. The Morgan fingerprint density at radius 2 is 2.30 bits per heavy atom. The average Bonchev–Trinajstić information content (AvgIpc) is 3.25. The molecule has 2 heterocycles. The Hall–Kier alpha value is -1.62. The minimum atomic E-state index is -0.144. The summed E-state index contributed by atoms with van der Waals surface area (Å²) < 4.78 is 11.4. The van der Waals surface area contributed by atoms with Crippen molar-refractivity contribution in [3.05, 3.63) is 23.9 Å². The fourth-order valence-corrected chi connectivity index (χ4v) is 2.39. The average molecular weight is 276 g/mol. The van der Waals surface area contributed by atoms with Gasteiger partial charge in [-0.25, -0.2) is 4.98 Å². The summed E-state index contributed by atoms with van der Waals surface area (Å²) in [6.45, 7) is 4.27. The lowest BCUT2D eigenvalue weighted by atomic mass is 10.3. The van der Waals surface area contributed by atoms with Crippen LogP contribution in [0.15, 0.2) is 18.2 Å². The minimum absolute atomic E-state index is 0.144. The minimum Gasteiger partial charge on any atom is -0.470 e. The van der Waals surface area contributed by atoms with Gasteiger partial charge in [-0.1, -0.05) is 6.07 Å². The number of hydrogen-bond acceptors (Lipinski definition) is 4. The van der Waals surface area contributed by atoms with Crippen LogP contribution in [-0.4, -0.2) is 48.2 Å². The number of ether oxygens (including phenoxy) is 2. The zero-order chi connectivity index (χ0) is 13.9. The smallest absolute Gasteiger partial charge is 0.225 e. The molecule has 5 nitrogen and oxygen atoms in total. The van der Waals surface area contributed by atoms with Gasteiger partial charge in [-0.15, -0.1) is 0 Å². The topological polar surface area (TPSA) is 51.7 Å². The fourth-order valence-electron chi connectivity index (χ4n) is 2.39. The molecule has 108 valence electrons. The second-order valence-electron chi connectivity index (χ2n) is 5.49. The summed E-state index contributed by atoms with van der Waals surface area (Å²) in [5, 5.41) is 0.